The fraction of sp³-hybridized carbons (Fsp3) is 0.421. The van der Waals surface area contributed by atoms with Gasteiger partial charge in [0.25, 0.3) is 0 Å². The molecule has 3 rings (SSSR count). The zero-order chi connectivity index (χ0) is 18.0. The largest absolute Gasteiger partial charge is 0.340 e. The van der Waals surface area contributed by atoms with Crippen molar-refractivity contribution in [3.05, 3.63) is 29.8 Å². The quantitative estimate of drug-likeness (QED) is 0.852. The maximum Gasteiger partial charge on any atom is 0.162 e. The van der Waals surface area contributed by atoms with Gasteiger partial charge in [-0.15, -0.1) is 0 Å². The summed E-state index contributed by atoms with van der Waals surface area (Å²) in [7, 11) is 0. The van der Waals surface area contributed by atoms with Gasteiger partial charge in [0, 0.05) is 30.7 Å². The maximum atomic E-state index is 12.6. The van der Waals surface area contributed by atoms with Crippen LogP contribution in [0.25, 0.3) is 0 Å². The van der Waals surface area contributed by atoms with Crippen LogP contribution in [0.1, 0.15) is 44.1 Å². The van der Waals surface area contributed by atoms with Crippen LogP contribution in [-0.4, -0.2) is 35.1 Å². The SMILES string of the molecule is N#Cc1cccc(N(C2C(=N)CCCC2=O)C2C(=O)CCCC2=O)c1. The number of rotatable bonds is 3. The van der Waals surface area contributed by atoms with Crippen molar-refractivity contribution in [1.82, 2.24) is 0 Å². The predicted octanol–water partition coefficient (Wildman–Crippen LogP) is 2.20. The molecule has 0 heterocycles. The van der Waals surface area contributed by atoms with Crippen molar-refractivity contribution in [3.63, 3.8) is 0 Å². The number of benzene rings is 1. The topological polar surface area (TPSA) is 102 Å². The molecule has 1 N–H and O–H groups in total. The van der Waals surface area contributed by atoms with Crippen LogP contribution in [0.3, 0.4) is 0 Å². The Hall–Kier alpha value is -2.81. The van der Waals surface area contributed by atoms with Crippen LogP contribution in [0.2, 0.25) is 0 Å². The number of ketones is 3. The fourth-order valence-electron chi connectivity index (χ4n) is 3.63. The van der Waals surface area contributed by atoms with Crippen molar-refractivity contribution in [1.29, 1.82) is 10.7 Å². The minimum atomic E-state index is -1.05. The molecule has 1 unspecified atom stereocenters. The molecule has 2 aliphatic carbocycles. The molecule has 2 fully saturated rings. The molecule has 1 aromatic carbocycles. The van der Waals surface area contributed by atoms with Gasteiger partial charge < -0.3 is 10.3 Å². The number of hydrogen-bond donors (Lipinski definition) is 1. The molecule has 0 radical (unpaired) electrons. The zero-order valence-corrected chi connectivity index (χ0v) is 13.8. The second-order valence-electron chi connectivity index (χ2n) is 6.51. The summed E-state index contributed by atoms with van der Waals surface area (Å²) in [5.74, 6) is -0.584. The molecule has 6 heteroatoms. The first kappa shape index (κ1) is 17.0. The summed E-state index contributed by atoms with van der Waals surface area (Å²) in [6.45, 7) is 0. The molecule has 2 aliphatic rings. The summed E-state index contributed by atoms with van der Waals surface area (Å²) in [6, 6.07) is 6.63. The second kappa shape index (κ2) is 6.98. The predicted molar refractivity (Wildman–Crippen MR) is 91.7 cm³/mol. The first-order chi connectivity index (χ1) is 12.0. The van der Waals surface area contributed by atoms with Gasteiger partial charge in [-0.25, -0.2) is 0 Å². The van der Waals surface area contributed by atoms with Gasteiger partial charge in [0.2, 0.25) is 0 Å². The molecule has 0 saturated heterocycles. The summed E-state index contributed by atoms with van der Waals surface area (Å²) < 4.78 is 0. The third kappa shape index (κ3) is 3.22. The molecule has 2 saturated carbocycles. The summed E-state index contributed by atoms with van der Waals surface area (Å²) >= 11 is 0. The van der Waals surface area contributed by atoms with E-state index in [0.717, 1.165) is 0 Å². The Morgan fingerprint density at radius 2 is 1.56 bits per heavy atom. The number of nitrogens with zero attached hydrogens (tertiary/aromatic N) is 2. The minimum absolute atomic E-state index is 0.148. The van der Waals surface area contributed by atoms with Gasteiger partial charge >= 0.3 is 0 Å². The second-order valence-corrected chi connectivity index (χ2v) is 6.51. The van der Waals surface area contributed by atoms with Crippen LogP contribution >= 0.6 is 0 Å². The highest BCUT2D eigenvalue weighted by Gasteiger charge is 2.43. The molecule has 0 aliphatic heterocycles. The van der Waals surface area contributed by atoms with Crippen molar-refractivity contribution in [2.45, 2.75) is 50.6 Å². The van der Waals surface area contributed by atoms with Crippen LogP contribution in [0.5, 0.6) is 0 Å². The van der Waals surface area contributed by atoms with Crippen LogP contribution in [0.4, 0.5) is 5.69 Å². The number of nitrogens with one attached hydrogen (secondary N) is 1. The number of nitriles is 1. The fourth-order valence-corrected chi connectivity index (χ4v) is 3.63. The number of Topliss-reactive ketones (excluding diaryl/α,β-unsaturated/α-hetero) is 3. The Morgan fingerprint density at radius 3 is 2.16 bits per heavy atom. The van der Waals surface area contributed by atoms with Crippen molar-refractivity contribution in [2.24, 2.45) is 0 Å². The minimum Gasteiger partial charge on any atom is -0.340 e. The lowest BCUT2D eigenvalue weighted by molar-refractivity contribution is -0.131. The van der Waals surface area contributed by atoms with Crippen LogP contribution < -0.4 is 4.90 Å². The Labute approximate surface area is 145 Å². The lowest BCUT2D eigenvalue weighted by atomic mass is 9.85. The Balaban J connectivity index is 2.12. The van der Waals surface area contributed by atoms with Gasteiger partial charge in [0.15, 0.2) is 17.3 Å². The van der Waals surface area contributed by atoms with E-state index in [4.69, 9.17) is 10.7 Å². The van der Waals surface area contributed by atoms with E-state index in [1.165, 1.54) is 4.90 Å². The standard InChI is InChI=1S/C19H19N3O3/c20-11-12-4-1-5-13(10-12)22(18-14(21)6-2-7-15(18)23)19-16(24)8-3-9-17(19)25/h1,4-5,10,18-19,21H,2-3,6-9H2. The van der Waals surface area contributed by atoms with Gasteiger partial charge in [-0.1, -0.05) is 6.07 Å². The Bertz CT molecular complexity index is 723. The molecule has 128 valence electrons. The Kier molecular flexibility index (Phi) is 4.75. The lowest BCUT2D eigenvalue weighted by Gasteiger charge is -2.40. The van der Waals surface area contributed by atoms with E-state index >= 15 is 0 Å². The first-order valence-corrected chi connectivity index (χ1v) is 8.47. The number of carbonyl (C=O) groups is 3. The van der Waals surface area contributed by atoms with Gasteiger partial charge in [-0.3, -0.25) is 14.4 Å². The summed E-state index contributed by atoms with van der Waals surface area (Å²) in [4.78, 5) is 39.1. The highest BCUT2D eigenvalue weighted by atomic mass is 16.2. The Morgan fingerprint density at radius 1 is 0.960 bits per heavy atom. The third-order valence-electron chi connectivity index (χ3n) is 4.79. The van der Waals surface area contributed by atoms with E-state index in [9.17, 15) is 14.4 Å². The summed E-state index contributed by atoms with van der Waals surface area (Å²) in [5, 5.41) is 17.4. The average Bonchev–Trinajstić information content (AvgIpc) is 2.60. The molecule has 0 amide bonds. The van der Waals surface area contributed by atoms with Crippen molar-refractivity contribution in [2.75, 3.05) is 4.90 Å². The van der Waals surface area contributed by atoms with E-state index in [-0.39, 0.29) is 23.1 Å². The lowest BCUT2D eigenvalue weighted by Crippen LogP contribution is -2.59. The van der Waals surface area contributed by atoms with Crippen molar-refractivity contribution in [3.8, 4) is 6.07 Å². The van der Waals surface area contributed by atoms with E-state index in [1.807, 2.05) is 6.07 Å². The molecule has 0 aromatic heterocycles. The molecule has 1 aromatic rings. The molecule has 1 atom stereocenters. The van der Waals surface area contributed by atoms with Gasteiger partial charge in [0.1, 0.15) is 12.1 Å². The van der Waals surface area contributed by atoms with E-state index in [2.05, 4.69) is 0 Å². The van der Waals surface area contributed by atoms with Gasteiger partial charge in [-0.2, -0.15) is 5.26 Å². The number of hydrogen-bond acceptors (Lipinski definition) is 6. The maximum absolute atomic E-state index is 12.6. The highest BCUT2D eigenvalue weighted by molar-refractivity contribution is 6.17. The normalized spacial score (nSPS) is 22.0. The summed E-state index contributed by atoms with van der Waals surface area (Å²) in [6.07, 6.45) is 2.53. The van der Waals surface area contributed by atoms with Crippen LogP contribution in [0, 0.1) is 16.7 Å². The monoisotopic (exact) mass is 337 g/mol. The van der Waals surface area contributed by atoms with Crippen molar-refractivity contribution >= 4 is 28.7 Å². The highest BCUT2D eigenvalue weighted by Crippen LogP contribution is 2.30. The van der Waals surface area contributed by atoms with Crippen molar-refractivity contribution < 1.29 is 14.4 Å². The molecule has 25 heavy (non-hydrogen) atoms. The van der Waals surface area contributed by atoms with Crippen LogP contribution in [0.15, 0.2) is 24.3 Å². The van der Waals surface area contributed by atoms with Gasteiger partial charge in [-0.05, 0) is 37.5 Å². The summed E-state index contributed by atoms with van der Waals surface area (Å²) in [5.41, 5.74) is 1.08. The number of anilines is 1. The van der Waals surface area contributed by atoms with Crippen LogP contribution in [-0.2, 0) is 14.4 Å². The smallest absolute Gasteiger partial charge is 0.162 e. The zero-order valence-electron chi connectivity index (χ0n) is 13.8. The molecule has 0 bridgehead atoms. The molecular weight excluding hydrogens is 318 g/mol. The molecule has 0 spiro atoms. The molecular formula is C19H19N3O3. The third-order valence-corrected chi connectivity index (χ3v) is 4.79. The average molecular weight is 337 g/mol. The number of carbonyl (C=O) groups excluding carboxylic acids is 3. The first-order valence-electron chi connectivity index (χ1n) is 8.47. The van der Waals surface area contributed by atoms with E-state index in [0.29, 0.717) is 49.8 Å². The van der Waals surface area contributed by atoms with Gasteiger partial charge in [0.05, 0.1) is 11.6 Å². The van der Waals surface area contributed by atoms with E-state index < -0.39 is 12.1 Å². The van der Waals surface area contributed by atoms with E-state index in [1.54, 1.807) is 24.3 Å². The molecule has 6 nitrogen and oxygen atoms in total.